The van der Waals surface area contributed by atoms with Crippen molar-refractivity contribution in [2.24, 2.45) is 5.92 Å². The van der Waals surface area contributed by atoms with Crippen LogP contribution in [-0.2, 0) is 11.2 Å². The van der Waals surface area contributed by atoms with Gasteiger partial charge in [0.15, 0.2) is 0 Å². The topological polar surface area (TPSA) is 43.8 Å². The minimum Gasteiger partial charge on any atom is -0.508 e. The fourth-order valence-corrected chi connectivity index (χ4v) is 3.03. The van der Waals surface area contributed by atoms with E-state index in [1.165, 1.54) is 0 Å². The van der Waals surface area contributed by atoms with Crippen molar-refractivity contribution in [3.8, 4) is 5.75 Å². The SMILES string of the molecule is CN(C[C@H]1CCN(C)C1(C)C)C(=O)Cc1cccc(O)c1. The van der Waals surface area contributed by atoms with Crippen molar-refractivity contribution in [3.05, 3.63) is 29.8 Å². The molecule has 0 bridgehead atoms. The fourth-order valence-electron chi connectivity index (χ4n) is 3.03. The van der Waals surface area contributed by atoms with Gasteiger partial charge in [0, 0.05) is 19.1 Å². The molecule has 1 N–H and O–H groups in total. The van der Waals surface area contributed by atoms with Crippen LogP contribution in [0, 0.1) is 5.92 Å². The molecule has 2 rings (SSSR count). The molecule has 0 aliphatic carbocycles. The van der Waals surface area contributed by atoms with Gasteiger partial charge in [-0.15, -0.1) is 0 Å². The quantitative estimate of drug-likeness (QED) is 0.924. The van der Waals surface area contributed by atoms with Crippen molar-refractivity contribution >= 4 is 5.91 Å². The van der Waals surface area contributed by atoms with Crippen molar-refractivity contribution in [1.82, 2.24) is 9.80 Å². The van der Waals surface area contributed by atoms with E-state index < -0.39 is 0 Å². The van der Waals surface area contributed by atoms with Gasteiger partial charge in [-0.3, -0.25) is 4.79 Å². The van der Waals surface area contributed by atoms with E-state index in [9.17, 15) is 9.90 Å². The highest BCUT2D eigenvalue weighted by atomic mass is 16.3. The van der Waals surface area contributed by atoms with Gasteiger partial charge in [-0.1, -0.05) is 12.1 Å². The van der Waals surface area contributed by atoms with Crippen LogP contribution >= 0.6 is 0 Å². The molecule has 1 aliphatic rings. The van der Waals surface area contributed by atoms with Gasteiger partial charge in [-0.25, -0.2) is 0 Å². The highest BCUT2D eigenvalue weighted by molar-refractivity contribution is 5.78. The molecular weight excluding hydrogens is 264 g/mol. The lowest BCUT2D eigenvalue weighted by atomic mass is 9.88. The van der Waals surface area contributed by atoms with Crippen LogP contribution in [0.5, 0.6) is 5.75 Å². The molecule has 0 unspecified atom stereocenters. The normalized spacial score (nSPS) is 21.4. The Hall–Kier alpha value is -1.55. The summed E-state index contributed by atoms with van der Waals surface area (Å²) < 4.78 is 0. The standard InChI is InChI=1S/C17H26N2O2/c1-17(2)14(8-9-19(17)4)12-18(3)16(21)11-13-6-5-7-15(20)10-13/h5-7,10,14,20H,8-9,11-12H2,1-4H3/t14-/m1/s1. The molecular formula is C17H26N2O2. The van der Waals surface area contributed by atoms with Gasteiger partial charge in [-0.05, 0) is 57.5 Å². The number of amides is 1. The number of likely N-dealkylation sites (N-methyl/N-ethyl adjacent to an activating group) is 1. The number of hydrogen-bond donors (Lipinski definition) is 1. The first-order valence-electron chi connectivity index (χ1n) is 7.54. The number of nitrogens with zero attached hydrogens (tertiary/aromatic N) is 2. The molecule has 1 atom stereocenters. The Morgan fingerprint density at radius 1 is 1.48 bits per heavy atom. The molecule has 1 aromatic rings. The Morgan fingerprint density at radius 2 is 2.19 bits per heavy atom. The van der Waals surface area contributed by atoms with Gasteiger partial charge < -0.3 is 14.9 Å². The molecule has 0 spiro atoms. The summed E-state index contributed by atoms with van der Waals surface area (Å²) in [6.45, 7) is 6.37. The molecule has 1 fully saturated rings. The number of rotatable bonds is 4. The van der Waals surface area contributed by atoms with Crippen LogP contribution in [-0.4, -0.2) is 53.5 Å². The Kier molecular flexibility index (Phi) is 4.57. The van der Waals surface area contributed by atoms with Crippen LogP contribution in [0.15, 0.2) is 24.3 Å². The maximum atomic E-state index is 12.3. The highest BCUT2D eigenvalue weighted by Crippen LogP contribution is 2.33. The second-order valence-corrected chi connectivity index (χ2v) is 6.68. The summed E-state index contributed by atoms with van der Waals surface area (Å²) in [7, 11) is 4.02. The zero-order valence-electron chi connectivity index (χ0n) is 13.5. The summed E-state index contributed by atoms with van der Waals surface area (Å²) in [6, 6.07) is 6.92. The largest absolute Gasteiger partial charge is 0.508 e. The van der Waals surface area contributed by atoms with E-state index in [2.05, 4.69) is 25.8 Å². The van der Waals surface area contributed by atoms with Crippen LogP contribution in [0.3, 0.4) is 0 Å². The van der Waals surface area contributed by atoms with Crippen molar-refractivity contribution in [1.29, 1.82) is 0 Å². The van der Waals surface area contributed by atoms with Crippen LogP contribution in [0.2, 0.25) is 0 Å². The van der Waals surface area contributed by atoms with E-state index in [4.69, 9.17) is 0 Å². The van der Waals surface area contributed by atoms with Gasteiger partial charge in [0.05, 0.1) is 6.42 Å². The number of benzene rings is 1. The summed E-state index contributed by atoms with van der Waals surface area (Å²) in [5, 5.41) is 9.46. The Balaban J connectivity index is 1.94. The summed E-state index contributed by atoms with van der Waals surface area (Å²) in [5.41, 5.74) is 0.995. The maximum absolute atomic E-state index is 12.3. The van der Waals surface area contributed by atoms with Crippen LogP contribution < -0.4 is 0 Å². The van der Waals surface area contributed by atoms with E-state index in [-0.39, 0.29) is 17.2 Å². The van der Waals surface area contributed by atoms with E-state index in [1.54, 1.807) is 18.2 Å². The third-order valence-electron chi connectivity index (χ3n) is 4.98. The minimum atomic E-state index is 0.103. The first-order valence-corrected chi connectivity index (χ1v) is 7.54. The fraction of sp³-hybridized carbons (Fsp3) is 0.588. The van der Waals surface area contributed by atoms with E-state index in [1.807, 2.05) is 18.0 Å². The lowest BCUT2D eigenvalue weighted by Gasteiger charge is -2.35. The van der Waals surface area contributed by atoms with Crippen molar-refractivity contribution in [2.75, 3.05) is 27.2 Å². The second-order valence-electron chi connectivity index (χ2n) is 6.68. The predicted octanol–water partition coefficient (Wildman–Crippen LogP) is 2.12. The van der Waals surface area contributed by atoms with Gasteiger partial charge >= 0.3 is 0 Å². The second kappa shape index (κ2) is 6.06. The molecule has 0 saturated carbocycles. The van der Waals surface area contributed by atoms with Crippen molar-refractivity contribution in [3.63, 3.8) is 0 Å². The van der Waals surface area contributed by atoms with Gasteiger partial charge in [0.2, 0.25) is 5.91 Å². The average Bonchev–Trinajstić information content (AvgIpc) is 2.65. The minimum absolute atomic E-state index is 0.103. The number of phenols is 1. The number of phenolic OH excluding ortho intramolecular Hbond substituents is 1. The molecule has 4 heteroatoms. The monoisotopic (exact) mass is 290 g/mol. The van der Waals surface area contributed by atoms with Gasteiger partial charge in [0.25, 0.3) is 0 Å². The van der Waals surface area contributed by atoms with E-state index in [0.29, 0.717) is 12.3 Å². The number of aromatic hydroxyl groups is 1. The Labute approximate surface area is 127 Å². The molecule has 1 amide bonds. The Bertz CT molecular complexity index is 513. The predicted molar refractivity (Wildman–Crippen MR) is 84.3 cm³/mol. The molecule has 1 heterocycles. The van der Waals surface area contributed by atoms with Crippen LogP contribution in [0.1, 0.15) is 25.8 Å². The smallest absolute Gasteiger partial charge is 0.226 e. The van der Waals surface area contributed by atoms with Crippen molar-refractivity contribution in [2.45, 2.75) is 32.2 Å². The number of carbonyl (C=O) groups is 1. The summed E-state index contributed by atoms with van der Waals surface area (Å²) in [5.74, 6) is 0.813. The number of hydrogen-bond acceptors (Lipinski definition) is 3. The summed E-state index contributed by atoms with van der Waals surface area (Å²) in [4.78, 5) is 16.5. The summed E-state index contributed by atoms with van der Waals surface area (Å²) >= 11 is 0. The lowest BCUT2D eigenvalue weighted by molar-refractivity contribution is -0.130. The molecule has 4 nitrogen and oxygen atoms in total. The molecule has 1 saturated heterocycles. The molecule has 1 aliphatic heterocycles. The Morgan fingerprint density at radius 3 is 2.76 bits per heavy atom. The van der Waals surface area contributed by atoms with Crippen LogP contribution in [0.25, 0.3) is 0 Å². The van der Waals surface area contributed by atoms with Gasteiger partial charge in [0.1, 0.15) is 5.75 Å². The third-order valence-corrected chi connectivity index (χ3v) is 4.98. The molecule has 0 radical (unpaired) electrons. The number of likely N-dealkylation sites (tertiary alicyclic amines) is 1. The van der Waals surface area contributed by atoms with E-state index in [0.717, 1.165) is 25.1 Å². The zero-order valence-corrected chi connectivity index (χ0v) is 13.5. The molecule has 21 heavy (non-hydrogen) atoms. The third kappa shape index (κ3) is 3.56. The van der Waals surface area contributed by atoms with Crippen LogP contribution in [0.4, 0.5) is 0 Å². The summed E-state index contributed by atoms with van der Waals surface area (Å²) in [6.07, 6.45) is 1.47. The first kappa shape index (κ1) is 15.8. The van der Waals surface area contributed by atoms with E-state index >= 15 is 0 Å². The highest BCUT2D eigenvalue weighted by Gasteiger charge is 2.39. The molecule has 0 aromatic heterocycles. The molecule has 1 aromatic carbocycles. The lowest BCUT2D eigenvalue weighted by Crippen LogP contribution is -2.45. The van der Waals surface area contributed by atoms with Crippen molar-refractivity contribution < 1.29 is 9.90 Å². The molecule has 116 valence electrons. The maximum Gasteiger partial charge on any atom is 0.226 e. The zero-order chi connectivity index (χ0) is 15.6. The van der Waals surface area contributed by atoms with Gasteiger partial charge in [-0.2, -0.15) is 0 Å². The first-order chi connectivity index (χ1) is 9.80. The average molecular weight is 290 g/mol. The number of carbonyl (C=O) groups excluding carboxylic acids is 1.